The van der Waals surface area contributed by atoms with Gasteiger partial charge in [-0.3, -0.25) is 4.79 Å². The molecule has 3 aromatic carbocycles. The van der Waals surface area contributed by atoms with Gasteiger partial charge in [0.1, 0.15) is 35.6 Å². The van der Waals surface area contributed by atoms with E-state index in [2.05, 4.69) is 21.2 Å². The summed E-state index contributed by atoms with van der Waals surface area (Å²) in [6.07, 6.45) is 1.42. The van der Waals surface area contributed by atoms with E-state index < -0.39 is 5.91 Å². The molecule has 1 N–H and O–H groups in total. The van der Waals surface area contributed by atoms with Crippen LogP contribution >= 0.6 is 15.9 Å². The summed E-state index contributed by atoms with van der Waals surface area (Å²) in [6.45, 7) is -0.0202. The number of hydrogen-bond acceptors (Lipinski definition) is 4. The summed E-state index contributed by atoms with van der Waals surface area (Å²) in [6, 6.07) is 20.2. The van der Waals surface area contributed by atoms with Crippen molar-refractivity contribution >= 4 is 33.6 Å². The highest BCUT2D eigenvalue weighted by molar-refractivity contribution is 9.10. The van der Waals surface area contributed by atoms with E-state index in [1.807, 2.05) is 6.07 Å². The molecule has 0 aliphatic heterocycles. The van der Waals surface area contributed by atoms with Gasteiger partial charge in [0, 0.05) is 27.4 Å². The number of nitrogens with one attached hydrogen (secondary N) is 1. The van der Waals surface area contributed by atoms with Gasteiger partial charge in [0.2, 0.25) is 0 Å². The molecule has 0 spiro atoms. The largest absolute Gasteiger partial charge is 0.497 e. The number of benzene rings is 3. The Labute approximate surface area is 187 Å². The zero-order chi connectivity index (χ0) is 22.2. The lowest BCUT2D eigenvalue weighted by Crippen LogP contribution is -2.13. The van der Waals surface area contributed by atoms with Crippen LogP contribution in [0.5, 0.6) is 11.5 Å². The Bertz CT molecular complexity index is 1150. The normalized spacial score (nSPS) is 10.8. The highest BCUT2D eigenvalue weighted by atomic mass is 79.9. The number of anilines is 1. The molecule has 0 radical (unpaired) electrons. The number of ether oxygens (including phenoxy) is 2. The predicted octanol–water partition coefficient (Wildman–Crippen LogP) is 5.72. The molecular weight excluding hydrogens is 463 g/mol. The van der Waals surface area contributed by atoms with Crippen LogP contribution in [-0.4, -0.2) is 13.0 Å². The van der Waals surface area contributed by atoms with Crippen LogP contribution in [0, 0.1) is 17.1 Å². The van der Waals surface area contributed by atoms with Gasteiger partial charge >= 0.3 is 0 Å². The van der Waals surface area contributed by atoms with Crippen LogP contribution in [0.25, 0.3) is 6.08 Å². The predicted molar refractivity (Wildman–Crippen MR) is 120 cm³/mol. The number of amides is 1. The zero-order valence-electron chi connectivity index (χ0n) is 16.6. The van der Waals surface area contributed by atoms with Crippen molar-refractivity contribution in [2.75, 3.05) is 12.4 Å². The summed E-state index contributed by atoms with van der Waals surface area (Å²) in [5.74, 6) is -0.0555. The first-order valence-corrected chi connectivity index (χ1v) is 10.0. The van der Waals surface area contributed by atoms with Crippen molar-refractivity contribution in [3.63, 3.8) is 0 Å². The molecule has 3 rings (SSSR count). The molecule has 0 aliphatic carbocycles. The number of hydrogen-bond donors (Lipinski definition) is 1. The maximum atomic E-state index is 13.9. The third-order valence-electron chi connectivity index (χ3n) is 4.33. The van der Waals surface area contributed by atoms with Gasteiger partial charge < -0.3 is 14.8 Å². The smallest absolute Gasteiger partial charge is 0.266 e. The van der Waals surface area contributed by atoms with Crippen molar-refractivity contribution in [3.8, 4) is 17.6 Å². The minimum absolute atomic E-state index is 0.0202. The Morgan fingerprint density at radius 1 is 1.16 bits per heavy atom. The van der Waals surface area contributed by atoms with E-state index >= 15 is 0 Å². The number of halogens is 2. The fourth-order valence-corrected chi connectivity index (χ4v) is 2.96. The Morgan fingerprint density at radius 3 is 2.58 bits per heavy atom. The number of rotatable bonds is 7. The van der Waals surface area contributed by atoms with Crippen molar-refractivity contribution in [1.29, 1.82) is 5.26 Å². The van der Waals surface area contributed by atoms with Crippen LogP contribution in [0.15, 0.2) is 76.8 Å². The molecule has 0 saturated heterocycles. The maximum Gasteiger partial charge on any atom is 0.266 e. The summed E-state index contributed by atoms with van der Waals surface area (Å²) in [5, 5.41) is 12.2. The molecule has 0 bridgehead atoms. The van der Waals surface area contributed by atoms with E-state index in [0.29, 0.717) is 28.3 Å². The number of nitriles is 1. The molecule has 1 amide bonds. The molecule has 5 nitrogen and oxygen atoms in total. The molecule has 0 fully saturated rings. The highest BCUT2D eigenvalue weighted by Gasteiger charge is 2.13. The average Bonchev–Trinajstić information content (AvgIpc) is 2.78. The van der Waals surface area contributed by atoms with Gasteiger partial charge in [-0.15, -0.1) is 0 Å². The van der Waals surface area contributed by atoms with E-state index in [4.69, 9.17) is 9.47 Å². The van der Waals surface area contributed by atoms with Crippen molar-refractivity contribution in [2.24, 2.45) is 0 Å². The van der Waals surface area contributed by atoms with Crippen molar-refractivity contribution in [2.45, 2.75) is 6.61 Å². The minimum Gasteiger partial charge on any atom is -0.497 e. The van der Waals surface area contributed by atoms with Gasteiger partial charge in [0.25, 0.3) is 5.91 Å². The lowest BCUT2D eigenvalue weighted by atomic mass is 10.1. The summed E-state index contributed by atoms with van der Waals surface area (Å²) in [5.41, 5.74) is 1.32. The van der Waals surface area contributed by atoms with Crippen molar-refractivity contribution < 1.29 is 18.7 Å². The lowest BCUT2D eigenvalue weighted by Gasteiger charge is -2.12. The SMILES string of the molecule is COc1ccc(/C=C(\C#N)C(=O)Nc2ccc(Br)cc2)c(OCc2ccccc2F)c1. The lowest BCUT2D eigenvalue weighted by molar-refractivity contribution is -0.112. The van der Waals surface area contributed by atoms with E-state index in [1.165, 1.54) is 19.3 Å². The first-order valence-electron chi connectivity index (χ1n) is 9.23. The van der Waals surface area contributed by atoms with Crippen LogP contribution < -0.4 is 14.8 Å². The van der Waals surface area contributed by atoms with Gasteiger partial charge in [-0.2, -0.15) is 5.26 Å². The van der Waals surface area contributed by atoms with Crippen LogP contribution in [-0.2, 0) is 11.4 Å². The van der Waals surface area contributed by atoms with Gasteiger partial charge in [0.15, 0.2) is 0 Å². The Morgan fingerprint density at radius 2 is 1.90 bits per heavy atom. The first-order chi connectivity index (χ1) is 15.0. The number of nitrogens with zero attached hydrogens (tertiary/aromatic N) is 1. The third kappa shape index (κ3) is 5.93. The van der Waals surface area contributed by atoms with Gasteiger partial charge in [-0.1, -0.05) is 34.1 Å². The van der Waals surface area contributed by atoms with Gasteiger partial charge in [-0.25, -0.2) is 4.39 Å². The molecule has 0 saturated carbocycles. The Kier molecular flexibility index (Phi) is 7.41. The number of carbonyl (C=O) groups excluding carboxylic acids is 1. The van der Waals surface area contributed by atoms with E-state index in [-0.39, 0.29) is 18.0 Å². The molecule has 0 aromatic heterocycles. The number of carbonyl (C=O) groups is 1. The molecule has 0 unspecified atom stereocenters. The molecule has 3 aromatic rings. The average molecular weight is 481 g/mol. The molecule has 0 atom stereocenters. The summed E-state index contributed by atoms with van der Waals surface area (Å²) < 4.78 is 25.8. The molecular formula is C24H18BrFN2O3. The van der Waals surface area contributed by atoms with Crippen LogP contribution in [0.3, 0.4) is 0 Å². The highest BCUT2D eigenvalue weighted by Crippen LogP contribution is 2.28. The number of methoxy groups -OCH3 is 1. The van der Waals surface area contributed by atoms with Crippen LogP contribution in [0.1, 0.15) is 11.1 Å². The van der Waals surface area contributed by atoms with E-state index in [1.54, 1.807) is 60.7 Å². The Balaban J connectivity index is 1.86. The molecule has 0 aliphatic rings. The topological polar surface area (TPSA) is 71.3 Å². The molecule has 7 heteroatoms. The van der Waals surface area contributed by atoms with Crippen molar-refractivity contribution in [3.05, 3.63) is 93.7 Å². The summed E-state index contributed by atoms with van der Waals surface area (Å²) >= 11 is 3.33. The van der Waals surface area contributed by atoms with Crippen molar-refractivity contribution in [1.82, 2.24) is 0 Å². The first kappa shape index (κ1) is 22.1. The van der Waals surface area contributed by atoms with Crippen LogP contribution in [0.2, 0.25) is 0 Å². The third-order valence-corrected chi connectivity index (χ3v) is 4.86. The fourth-order valence-electron chi connectivity index (χ4n) is 2.69. The summed E-state index contributed by atoms with van der Waals surface area (Å²) in [7, 11) is 1.51. The second kappa shape index (κ2) is 10.4. The molecule has 0 heterocycles. The zero-order valence-corrected chi connectivity index (χ0v) is 18.1. The molecule has 156 valence electrons. The maximum absolute atomic E-state index is 13.9. The summed E-state index contributed by atoms with van der Waals surface area (Å²) in [4.78, 5) is 12.6. The minimum atomic E-state index is -0.555. The van der Waals surface area contributed by atoms with E-state index in [9.17, 15) is 14.4 Å². The Hall–Kier alpha value is -3.63. The quantitative estimate of drug-likeness (QED) is 0.346. The monoisotopic (exact) mass is 480 g/mol. The van der Waals surface area contributed by atoms with Gasteiger partial charge in [0.05, 0.1) is 7.11 Å². The van der Waals surface area contributed by atoms with Crippen LogP contribution in [0.4, 0.5) is 10.1 Å². The van der Waals surface area contributed by atoms with Gasteiger partial charge in [-0.05, 0) is 48.5 Å². The molecule has 31 heavy (non-hydrogen) atoms. The second-order valence-electron chi connectivity index (χ2n) is 6.41. The van der Waals surface area contributed by atoms with E-state index in [0.717, 1.165) is 4.47 Å². The fraction of sp³-hybridized carbons (Fsp3) is 0.0833. The standard InChI is InChI=1S/C24H18BrFN2O3/c1-30-21-11-6-16(23(13-21)31-15-17-4-2-3-5-22(17)26)12-18(14-27)24(29)28-20-9-7-19(25)8-10-20/h2-13H,15H2,1H3,(H,28,29)/b18-12+. The second-order valence-corrected chi connectivity index (χ2v) is 7.33.